The summed E-state index contributed by atoms with van der Waals surface area (Å²) in [6, 6.07) is 8.05. The zero-order chi connectivity index (χ0) is 13.2. The van der Waals surface area contributed by atoms with Crippen LogP contribution in [0.2, 0.25) is 0 Å². The van der Waals surface area contributed by atoms with Crippen molar-refractivity contribution in [2.75, 3.05) is 7.11 Å². The monoisotopic (exact) mass is 274 g/mol. The molecule has 0 N–H and O–H groups in total. The van der Waals surface area contributed by atoms with Crippen LogP contribution in [0.4, 0.5) is 0 Å². The lowest BCUT2D eigenvalue weighted by Crippen LogP contribution is -1.95. The van der Waals surface area contributed by atoms with Crippen LogP contribution in [0, 0.1) is 0 Å². The van der Waals surface area contributed by atoms with Crippen LogP contribution < -0.4 is 4.74 Å². The SMILES string of the molecule is CCc1nnc2sc(Cc3ccc(OC)cc3)nn12. The number of hydrogen-bond donors (Lipinski definition) is 0. The van der Waals surface area contributed by atoms with Gasteiger partial charge in [-0.3, -0.25) is 0 Å². The second kappa shape index (κ2) is 4.97. The van der Waals surface area contributed by atoms with Crippen molar-refractivity contribution in [3.63, 3.8) is 0 Å². The van der Waals surface area contributed by atoms with Crippen molar-refractivity contribution in [1.82, 2.24) is 19.8 Å². The van der Waals surface area contributed by atoms with Crippen LogP contribution in [0.3, 0.4) is 0 Å². The molecule has 0 radical (unpaired) electrons. The second-order valence-electron chi connectivity index (χ2n) is 4.18. The summed E-state index contributed by atoms with van der Waals surface area (Å²) in [7, 11) is 1.67. The van der Waals surface area contributed by atoms with Crippen molar-refractivity contribution >= 4 is 16.3 Å². The summed E-state index contributed by atoms with van der Waals surface area (Å²) in [5.41, 5.74) is 1.21. The fourth-order valence-electron chi connectivity index (χ4n) is 1.91. The van der Waals surface area contributed by atoms with Gasteiger partial charge < -0.3 is 4.74 Å². The van der Waals surface area contributed by atoms with E-state index in [4.69, 9.17) is 4.74 Å². The number of rotatable bonds is 4. The summed E-state index contributed by atoms with van der Waals surface area (Å²) in [6.45, 7) is 2.05. The van der Waals surface area contributed by atoms with Crippen molar-refractivity contribution in [1.29, 1.82) is 0 Å². The Kier molecular flexibility index (Phi) is 3.16. The quantitative estimate of drug-likeness (QED) is 0.733. The first-order valence-corrected chi connectivity index (χ1v) is 6.94. The summed E-state index contributed by atoms with van der Waals surface area (Å²) < 4.78 is 6.99. The Hall–Kier alpha value is -1.95. The zero-order valence-corrected chi connectivity index (χ0v) is 11.6. The number of methoxy groups -OCH3 is 1. The molecule has 0 saturated carbocycles. The summed E-state index contributed by atoms with van der Waals surface area (Å²) in [4.78, 5) is 0.861. The molecule has 0 aliphatic rings. The molecule has 98 valence electrons. The smallest absolute Gasteiger partial charge is 0.234 e. The van der Waals surface area contributed by atoms with E-state index in [-0.39, 0.29) is 0 Å². The van der Waals surface area contributed by atoms with Crippen LogP contribution in [0.1, 0.15) is 23.3 Å². The number of nitrogens with zero attached hydrogens (tertiary/aromatic N) is 4. The highest BCUT2D eigenvalue weighted by Gasteiger charge is 2.10. The second-order valence-corrected chi connectivity index (χ2v) is 5.23. The van der Waals surface area contributed by atoms with Gasteiger partial charge in [-0.05, 0) is 17.7 Å². The molecule has 0 saturated heterocycles. The predicted octanol–water partition coefficient (Wildman–Crippen LogP) is 2.35. The molecule has 0 atom stereocenters. The van der Waals surface area contributed by atoms with E-state index >= 15 is 0 Å². The molecule has 19 heavy (non-hydrogen) atoms. The Bertz CT molecular complexity index is 686. The predicted molar refractivity (Wildman–Crippen MR) is 73.8 cm³/mol. The number of fused-ring (bicyclic) bond motifs is 1. The Balaban J connectivity index is 1.85. The van der Waals surface area contributed by atoms with Gasteiger partial charge in [0.2, 0.25) is 4.96 Å². The van der Waals surface area contributed by atoms with E-state index in [0.717, 1.165) is 34.4 Å². The first-order valence-electron chi connectivity index (χ1n) is 6.13. The topological polar surface area (TPSA) is 52.3 Å². The lowest BCUT2D eigenvalue weighted by Gasteiger charge is -2.01. The van der Waals surface area contributed by atoms with Gasteiger partial charge in [-0.15, -0.1) is 10.2 Å². The highest BCUT2D eigenvalue weighted by Crippen LogP contribution is 2.19. The molecule has 0 spiro atoms. The first kappa shape index (κ1) is 12.1. The fraction of sp³-hybridized carbons (Fsp3) is 0.308. The van der Waals surface area contributed by atoms with Crippen LogP contribution in [0.15, 0.2) is 24.3 Å². The van der Waals surface area contributed by atoms with Gasteiger partial charge in [-0.25, -0.2) is 0 Å². The number of ether oxygens (including phenoxy) is 1. The van der Waals surface area contributed by atoms with Crippen molar-refractivity contribution in [3.8, 4) is 5.75 Å². The number of aryl methyl sites for hydroxylation is 1. The normalized spacial score (nSPS) is 11.1. The van der Waals surface area contributed by atoms with Gasteiger partial charge in [0.1, 0.15) is 10.8 Å². The maximum atomic E-state index is 5.15. The fourth-order valence-corrected chi connectivity index (χ4v) is 2.79. The lowest BCUT2D eigenvalue weighted by molar-refractivity contribution is 0.414. The van der Waals surface area contributed by atoms with Crippen LogP contribution in [-0.4, -0.2) is 26.9 Å². The molecule has 0 bridgehead atoms. The summed E-state index contributed by atoms with van der Waals surface area (Å²) in [6.07, 6.45) is 1.65. The number of aromatic nitrogens is 4. The molecular weight excluding hydrogens is 260 g/mol. The Labute approximate surface area is 114 Å². The molecule has 3 aromatic rings. The number of benzene rings is 1. The minimum atomic E-state index is 0.807. The van der Waals surface area contributed by atoms with Crippen LogP contribution in [-0.2, 0) is 12.8 Å². The summed E-state index contributed by atoms with van der Waals surface area (Å²) >= 11 is 1.59. The van der Waals surface area contributed by atoms with Gasteiger partial charge in [0.15, 0.2) is 5.82 Å². The largest absolute Gasteiger partial charge is 0.497 e. The molecule has 1 aromatic carbocycles. The molecule has 0 aliphatic heterocycles. The third-order valence-electron chi connectivity index (χ3n) is 2.93. The summed E-state index contributed by atoms with van der Waals surface area (Å²) in [5.74, 6) is 1.78. The van der Waals surface area contributed by atoms with Crippen molar-refractivity contribution in [3.05, 3.63) is 40.7 Å². The molecule has 5 nitrogen and oxygen atoms in total. The average Bonchev–Trinajstić information content (AvgIpc) is 2.99. The van der Waals surface area contributed by atoms with E-state index in [2.05, 4.69) is 34.4 Å². The van der Waals surface area contributed by atoms with Gasteiger partial charge in [-0.1, -0.05) is 30.4 Å². The Morgan fingerprint density at radius 2 is 2.00 bits per heavy atom. The molecule has 6 heteroatoms. The highest BCUT2D eigenvalue weighted by molar-refractivity contribution is 7.16. The molecule has 0 fully saturated rings. The van der Waals surface area contributed by atoms with E-state index in [1.807, 2.05) is 16.6 Å². The molecule has 0 unspecified atom stereocenters. The van der Waals surface area contributed by atoms with E-state index in [9.17, 15) is 0 Å². The van der Waals surface area contributed by atoms with E-state index in [1.165, 1.54) is 5.56 Å². The van der Waals surface area contributed by atoms with Gasteiger partial charge >= 0.3 is 0 Å². The molecule has 0 amide bonds. The Morgan fingerprint density at radius 3 is 2.68 bits per heavy atom. The molecule has 2 heterocycles. The maximum absolute atomic E-state index is 5.15. The molecule has 3 rings (SSSR count). The maximum Gasteiger partial charge on any atom is 0.234 e. The minimum absolute atomic E-state index is 0.807. The minimum Gasteiger partial charge on any atom is -0.497 e. The third-order valence-corrected chi connectivity index (χ3v) is 3.83. The molecular formula is C13H14N4OS. The van der Waals surface area contributed by atoms with Gasteiger partial charge in [-0.2, -0.15) is 9.61 Å². The standard InChI is InChI=1S/C13H14N4OS/c1-3-11-14-15-13-17(11)16-12(19-13)8-9-4-6-10(18-2)7-5-9/h4-7H,3,8H2,1-2H3. The van der Waals surface area contributed by atoms with Gasteiger partial charge in [0.25, 0.3) is 0 Å². The van der Waals surface area contributed by atoms with E-state index in [0.29, 0.717) is 0 Å². The van der Waals surface area contributed by atoms with Gasteiger partial charge in [0, 0.05) is 12.8 Å². The van der Waals surface area contributed by atoms with Crippen LogP contribution in [0.5, 0.6) is 5.75 Å². The highest BCUT2D eigenvalue weighted by atomic mass is 32.1. The first-order chi connectivity index (χ1) is 9.30. The lowest BCUT2D eigenvalue weighted by atomic mass is 10.1. The zero-order valence-electron chi connectivity index (χ0n) is 10.8. The van der Waals surface area contributed by atoms with Crippen LogP contribution in [0.25, 0.3) is 4.96 Å². The molecule has 2 aromatic heterocycles. The van der Waals surface area contributed by atoms with Crippen LogP contribution >= 0.6 is 11.3 Å². The third kappa shape index (κ3) is 2.31. The Morgan fingerprint density at radius 1 is 1.21 bits per heavy atom. The van der Waals surface area contributed by atoms with Crippen molar-refractivity contribution < 1.29 is 4.74 Å². The molecule has 0 aliphatic carbocycles. The van der Waals surface area contributed by atoms with Gasteiger partial charge in [0.05, 0.1) is 7.11 Å². The van der Waals surface area contributed by atoms with E-state index in [1.54, 1.807) is 18.4 Å². The van der Waals surface area contributed by atoms with Crippen molar-refractivity contribution in [2.45, 2.75) is 19.8 Å². The van der Waals surface area contributed by atoms with Crippen molar-refractivity contribution in [2.24, 2.45) is 0 Å². The summed E-state index contributed by atoms with van der Waals surface area (Å²) in [5, 5.41) is 13.8. The number of hydrogen-bond acceptors (Lipinski definition) is 5. The average molecular weight is 274 g/mol. The van der Waals surface area contributed by atoms with E-state index < -0.39 is 0 Å².